The van der Waals surface area contributed by atoms with E-state index in [1.54, 1.807) is 5.56 Å². The van der Waals surface area contributed by atoms with Gasteiger partial charge in [0.05, 0.1) is 16.4 Å². The van der Waals surface area contributed by atoms with Gasteiger partial charge >= 0.3 is 0 Å². The third-order valence-corrected chi connectivity index (χ3v) is 27.8. The van der Waals surface area contributed by atoms with Crippen molar-refractivity contribution in [3.05, 3.63) is 265 Å². The number of hydrogen-bond donors (Lipinski definition) is 0. The fourth-order valence-corrected chi connectivity index (χ4v) is 23.6. The first-order valence-corrected chi connectivity index (χ1v) is 42.4. The van der Waals surface area contributed by atoms with Crippen LogP contribution < -0.4 is 36.0 Å². The highest BCUT2D eigenvalue weighted by molar-refractivity contribution is 7.00. The Morgan fingerprint density at radius 2 is 0.582 bits per heavy atom. The zero-order chi connectivity index (χ0) is 77.4. The fraction of sp³-hybridized carbons (Fsp3) is 0.423. The summed E-state index contributed by atoms with van der Waals surface area (Å²) in [5.74, 6) is 5.13. The van der Waals surface area contributed by atoms with E-state index in [1.807, 2.05) is 0 Å². The van der Waals surface area contributed by atoms with E-state index in [9.17, 15) is 0 Å². The lowest BCUT2D eigenvalue weighted by Crippen LogP contribution is -2.62. The van der Waals surface area contributed by atoms with Crippen LogP contribution in [0.15, 0.2) is 182 Å². The van der Waals surface area contributed by atoms with E-state index in [0.717, 1.165) is 74.7 Å². The lowest BCUT2D eigenvalue weighted by atomic mass is 9.33. The summed E-state index contributed by atoms with van der Waals surface area (Å²) >= 11 is 8.06. The van der Waals surface area contributed by atoms with Gasteiger partial charge in [0.1, 0.15) is 0 Å². The number of fused-ring (bicyclic) bond motifs is 4. The number of hydrogen-bond acceptors (Lipinski definition) is 4. The van der Waals surface area contributed by atoms with Crippen molar-refractivity contribution in [1.82, 2.24) is 0 Å². The van der Waals surface area contributed by atoms with Crippen molar-refractivity contribution in [3.63, 3.8) is 0 Å². The van der Waals surface area contributed by atoms with Crippen LogP contribution in [-0.4, -0.2) is 6.71 Å². The molecule has 0 N–H and O–H groups in total. The number of nitrogens with zero attached hydrogens (tertiary/aromatic N) is 4. The second kappa shape index (κ2) is 27.0. The monoisotopic (exact) mass is 1470 g/mol. The summed E-state index contributed by atoms with van der Waals surface area (Å²) in [6, 6.07) is 72.0. The molecule has 0 atom stereocenters. The molecule has 0 spiro atoms. The summed E-state index contributed by atoms with van der Waals surface area (Å²) < 4.78 is 0. The maximum atomic E-state index is 8.06. The third kappa shape index (κ3) is 13.6. The number of benzene rings is 10. The van der Waals surface area contributed by atoms with E-state index in [1.165, 1.54) is 200 Å². The lowest BCUT2D eigenvalue weighted by molar-refractivity contribution is -0.00526. The van der Waals surface area contributed by atoms with Gasteiger partial charge in [-0.2, -0.15) is 0 Å². The van der Waals surface area contributed by atoms with Gasteiger partial charge in [0.2, 0.25) is 0 Å². The molecule has 4 nitrogen and oxygen atoms in total. The first kappa shape index (κ1) is 74.5. The fourth-order valence-electron chi connectivity index (χ4n) is 23.3. The quantitative estimate of drug-likeness (QED) is 0.127. The second-order valence-corrected chi connectivity index (χ2v) is 41.3. The highest BCUT2D eigenvalue weighted by Crippen LogP contribution is 2.65. The van der Waals surface area contributed by atoms with Gasteiger partial charge in [-0.05, 0) is 404 Å². The summed E-state index contributed by atoms with van der Waals surface area (Å²) in [6.45, 7) is 45.9. The predicted molar refractivity (Wildman–Crippen MR) is 474 cm³/mol. The van der Waals surface area contributed by atoms with E-state index >= 15 is 0 Å². The molecule has 0 radical (unpaired) electrons. The molecule has 2 aliphatic heterocycles. The molecule has 8 fully saturated rings. The molecule has 10 aromatic carbocycles. The molecule has 0 saturated heterocycles. The van der Waals surface area contributed by atoms with Gasteiger partial charge < -0.3 is 19.6 Å². The molecule has 8 aliphatic carbocycles. The predicted octanol–water partition coefficient (Wildman–Crippen LogP) is 27.6. The Bertz CT molecular complexity index is 4800. The molecule has 0 unspecified atom stereocenters. The van der Waals surface area contributed by atoms with E-state index in [0.29, 0.717) is 0 Å². The van der Waals surface area contributed by atoms with E-state index in [2.05, 4.69) is 340 Å². The molecule has 10 aliphatic rings. The van der Waals surface area contributed by atoms with Crippen LogP contribution in [0, 0.1) is 90.9 Å². The number of halogens is 1. The molecule has 0 amide bonds. The molecule has 566 valence electrons. The van der Waals surface area contributed by atoms with Crippen LogP contribution in [0.1, 0.15) is 238 Å². The summed E-state index contributed by atoms with van der Waals surface area (Å²) in [4.78, 5) is 10.3. The third-order valence-electron chi connectivity index (χ3n) is 27.5. The van der Waals surface area contributed by atoms with Crippen molar-refractivity contribution < 1.29 is 0 Å². The average molecular weight is 1470 g/mol. The highest BCUT2D eigenvalue weighted by atomic mass is 35.5. The van der Waals surface area contributed by atoms with Crippen LogP contribution in [0.5, 0.6) is 0 Å². The molecular formula is C104H120BClN4. The SMILES string of the molecule is Cc1cc(C)cc(N(c2ccc(C(C)(C)C)cc2)c2cc(C34CC5CC(CC(C5)C3)C4)cc(N(c3ccc(C(C)(C)C)cc3)c3cc(C)cc(C)c3)c2Cl)c1.Cc1cc(C)cc(N2c3ccc(C(C)(C)C)cc3B3c4cc(C(C)(C)C)ccc4N(c4cc(C)cc(C)c4)c4cc(C56CC7CC(CC(C7)C5)C6)cc2c43)c1. The van der Waals surface area contributed by atoms with Gasteiger partial charge in [-0.25, -0.2) is 0 Å². The Morgan fingerprint density at radius 3 is 0.873 bits per heavy atom. The molecule has 8 bridgehead atoms. The van der Waals surface area contributed by atoms with Gasteiger partial charge in [0.15, 0.2) is 0 Å². The molecular weight excluding hydrogens is 1350 g/mol. The molecule has 0 aromatic heterocycles. The zero-order valence-electron chi connectivity index (χ0n) is 70.0. The van der Waals surface area contributed by atoms with Crippen LogP contribution >= 0.6 is 11.6 Å². The Labute approximate surface area is 666 Å². The van der Waals surface area contributed by atoms with Crippen LogP contribution in [0.2, 0.25) is 5.02 Å². The van der Waals surface area contributed by atoms with Crippen molar-refractivity contribution >= 4 is 103 Å². The summed E-state index contributed by atoms with van der Waals surface area (Å²) in [7, 11) is 0. The molecule has 110 heavy (non-hydrogen) atoms. The van der Waals surface area contributed by atoms with Gasteiger partial charge in [-0.15, -0.1) is 0 Å². The Balaban J connectivity index is 0.000000160. The number of rotatable bonds is 10. The molecule has 8 saturated carbocycles. The minimum atomic E-state index is 0.0289. The minimum absolute atomic E-state index is 0.0289. The Kier molecular flexibility index (Phi) is 18.3. The van der Waals surface area contributed by atoms with Crippen LogP contribution in [0.4, 0.5) is 68.2 Å². The largest absolute Gasteiger partial charge is 0.311 e. The lowest BCUT2D eigenvalue weighted by Gasteiger charge is -2.57. The maximum absolute atomic E-state index is 8.06. The normalized spacial score (nSPS) is 22.7. The Morgan fingerprint density at radius 1 is 0.309 bits per heavy atom. The molecule has 6 heteroatoms. The van der Waals surface area contributed by atoms with E-state index in [-0.39, 0.29) is 39.2 Å². The van der Waals surface area contributed by atoms with Gasteiger partial charge in [0.25, 0.3) is 6.71 Å². The highest BCUT2D eigenvalue weighted by Gasteiger charge is 2.55. The molecule has 20 rings (SSSR count). The van der Waals surface area contributed by atoms with Gasteiger partial charge in [-0.3, -0.25) is 0 Å². The first-order valence-electron chi connectivity index (χ1n) is 42.1. The van der Waals surface area contributed by atoms with Crippen molar-refractivity contribution in [3.8, 4) is 0 Å². The van der Waals surface area contributed by atoms with E-state index in [4.69, 9.17) is 11.6 Å². The van der Waals surface area contributed by atoms with E-state index < -0.39 is 0 Å². The second-order valence-electron chi connectivity index (χ2n) is 41.0. The molecule has 10 aromatic rings. The van der Waals surface area contributed by atoms with Crippen molar-refractivity contribution in [2.24, 2.45) is 35.5 Å². The number of anilines is 12. The summed E-state index contributed by atoms with van der Waals surface area (Å²) in [6.07, 6.45) is 16.5. The summed E-state index contributed by atoms with van der Waals surface area (Å²) in [5, 5.41) is 0.770. The Hall–Kier alpha value is -8.25. The maximum Gasteiger partial charge on any atom is 0.252 e. The number of aryl methyl sites for hydroxylation is 8. The van der Waals surface area contributed by atoms with Crippen LogP contribution in [0.25, 0.3) is 0 Å². The standard InChI is InChI=1S/C52H59BN2.C52H61ClN2/c1-31-15-32(2)18-41(17-31)54-45-13-11-38(50(5,6)7)24-43(45)53-44-25-39(51(8,9)10)12-14-46(44)55(42-19-33(3)16-34(4)20-42)48-27-40(26-47(54)49(48)53)52-28-35-21-36(29-52)23-37(22-35)30-52;1-33-19-34(2)22-45(21-33)54(43-15-11-40(12-16-43)50(5,6)7)47-28-42(52-30-37-25-38(31-52)27-39(26-37)32-52)29-48(49(47)53)55(46-23-35(3)20-36(4)24-46)44-17-13-41(14-18-44)51(8,9)10/h11-20,24-27,35-37H,21-23,28-30H2,1-10H3;11-24,28-29,37-39H,25-27,30-32H2,1-10H3. The van der Waals surface area contributed by atoms with Crippen molar-refractivity contribution in [2.45, 2.75) is 248 Å². The minimum Gasteiger partial charge on any atom is -0.311 e. The zero-order valence-corrected chi connectivity index (χ0v) is 70.8. The van der Waals surface area contributed by atoms with Crippen LogP contribution in [-0.2, 0) is 32.5 Å². The first-order chi connectivity index (χ1) is 52.0. The molecule has 2 heterocycles. The van der Waals surface area contributed by atoms with Crippen molar-refractivity contribution in [2.75, 3.05) is 19.6 Å². The van der Waals surface area contributed by atoms with Gasteiger partial charge in [0, 0.05) is 56.9 Å². The van der Waals surface area contributed by atoms with Crippen LogP contribution in [0.3, 0.4) is 0 Å². The van der Waals surface area contributed by atoms with Crippen molar-refractivity contribution in [1.29, 1.82) is 0 Å². The van der Waals surface area contributed by atoms with Gasteiger partial charge in [-0.1, -0.05) is 167 Å². The summed E-state index contributed by atoms with van der Waals surface area (Å²) in [5.41, 5.74) is 38.3. The smallest absolute Gasteiger partial charge is 0.252 e. The average Bonchev–Trinajstić information content (AvgIpc) is 0.688. The topological polar surface area (TPSA) is 13.0 Å².